The summed E-state index contributed by atoms with van der Waals surface area (Å²) < 4.78 is 1.70. The maximum Gasteiger partial charge on any atom is 0.224 e. The van der Waals surface area contributed by atoms with E-state index in [4.69, 9.17) is 0 Å². The monoisotopic (exact) mass is 299 g/mol. The van der Waals surface area contributed by atoms with E-state index < -0.39 is 0 Å². The highest BCUT2D eigenvalue weighted by molar-refractivity contribution is 5.76. The Morgan fingerprint density at radius 3 is 2.73 bits per heavy atom. The Bertz CT molecular complexity index is 617. The number of aromatic nitrogens is 3. The van der Waals surface area contributed by atoms with Gasteiger partial charge in [-0.05, 0) is 24.6 Å². The largest absolute Gasteiger partial charge is 0.368 e. The van der Waals surface area contributed by atoms with Crippen molar-refractivity contribution in [3.8, 4) is 0 Å². The summed E-state index contributed by atoms with van der Waals surface area (Å²) in [5, 5.41) is 7.63. The second-order valence-electron chi connectivity index (χ2n) is 5.62. The van der Waals surface area contributed by atoms with Crippen LogP contribution in [0.2, 0.25) is 0 Å². The lowest BCUT2D eigenvalue weighted by molar-refractivity contribution is -0.131. The highest BCUT2D eigenvalue weighted by atomic mass is 16.2. The quantitative estimate of drug-likeness (QED) is 0.854. The molecule has 0 atom stereocenters. The molecule has 1 aromatic heterocycles. The van der Waals surface area contributed by atoms with Crippen LogP contribution < -0.4 is 4.90 Å². The zero-order chi connectivity index (χ0) is 15.4. The number of hydrogen-bond donors (Lipinski definition) is 0. The molecule has 1 amide bonds. The Morgan fingerprint density at radius 1 is 1.23 bits per heavy atom. The third-order valence-corrected chi connectivity index (χ3v) is 4.03. The molecule has 0 bridgehead atoms. The van der Waals surface area contributed by atoms with Gasteiger partial charge in [-0.15, -0.1) is 5.10 Å². The molecule has 1 aliphatic heterocycles. The number of rotatable bonds is 4. The van der Waals surface area contributed by atoms with E-state index in [1.54, 1.807) is 17.1 Å². The molecular formula is C16H21N5O. The number of aryl methyl sites for hydroxylation is 2. The molecule has 2 aromatic rings. The lowest BCUT2D eigenvalue weighted by Gasteiger charge is -2.36. The van der Waals surface area contributed by atoms with Crippen molar-refractivity contribution in [2.75, 3.05) is 31.1 Å². The summed E-state index contributed by atoms with van der Waals surface area (Å²) in [5.74, 6) is 0.194. The second kappa shape index (κ2) is 6.60. The first-order valence-electron chi connectivity index (χ1n) is 7.66. The Balaban J connectivity index is 1.49. The van der Waals surface area contributed by atoms with Crippen LogP contribution in [0, 0.1) is 6.92 Å². The number of carbonyl (C=O) groups excluding carboxylic acids is 1. The van der Waals surface area contributed by atoms with Crippen LogP contribution in [-0.2, 0) is 11.3 Å². The number of anilines is 1. The van der Waals surface area contributed by atoms with Gasteiger partial charge < -0.3 is 9.80 Å². The zero-order valence-corrected chi connectivity index (χ0v) is 12.9. The molecule has 0 aliphatic carbocycles. The number of nitrogens with zero attached hydrogens (tertiary/aromatic N) is 5. The molecule has 1 aliphatic rings. The molecule has 22 heavy (non-hydrogen) atoms. The third kappa shape index (κ3) is 3.44. The van der Waals surface area contributed by atoms with Crippen LogP contribution >= 0.6 is 0 Å². The van der Waals surface area contributed by atoms with Gasteiger partial charge in [-0.25, -0.2) is 0 Å². The van der Waals surface area contributed by atoms with Gasteiger partial charge in [0.25, 0.3) is 0 Å². The van der Waals surface area contributed by atoms with E-state index >= 15 is 0 Å². The summed E-state index contributed by atoms with van der Waals surface area (Å²) in [4.78, 5) is 16.5. The molecule has 116 valence electrons. The zero-order valence-electron chi connectivity index (χ0n) is 12.9. The Labute approximate surface area is 130 Å². The first-order chi connectivity index (χ1) is 10.7. The minimum absolute atomic E-state index is 0.194. The summed E-state index contributed by atoms with van der Waals surface area (Å²) >= 11 is 0. The van der Waals surface area contributed by atoms with Crippen LogP contribution in [0.25, 0.3) is 0 Å². The molecule has 0 N–H and O–H groups in total. The summed E-state index contributed by atoms with van der Waals surface area (Å²) in [6.45, 7) is 6.04. The van der Waals surface area contributed by atoms with Crippen molar-refractivity contribution >= 4 is 11.6 Å². The van der Waals surface area contributed by atoms with Crippen molar-refractivity contribution in [2.24, 2.45) is 0 Å². The Kier molecular flexibility index (Phi) is 4.37. The maximum absolute atomic E-state index is 12.2. The van der Waals surface area contributed by atoms with Crippen LogP contribution in [0.1, 0.15) is 12.0 Å². The van der Waals surface area contributed by atoms with Gasteiger partial charge in [-0.2, -0.15) is 0 Å². The number of amides is 1. The Hall–Kier alpha value is -2.37. The van der Waals surface area contributed by atoms with Gasteiger partial charge in [0.05, 0.1) is 12.7 Å². The van der Waals surface area contributed by atoms with E-state index in [9.17, 15) is 4.79 Å². The highest BCUT2D eigenvalue weighted by Crippen LogP contribution is 2.18. The molecule has 6 nitrogen and oxygen atoms in total. The molecular weight excluding hydrogens is 278 g/mol. The van der Waals surface area contributed by atoms with Gasteiger partial charge in [0, 0.05) is 44.5 Å². The lowest BCUT2D eigenvalue weighted by Crippen LogP contribution is -2.49. The van der Waals surface area contributed by atoms with Crippen LogP contribution in [0.4, 0.5) is 5.69 Å². The van der Waals surface area contributed by atoms with Crippen LogP contribution in [0.3, 0.4) is 0 Å². The van der Waals surface area contributed by atoms with Crippen LogP contribution in [-0.4, -0.2) is 52.0 Å². The third-order valence-electron chi connectivity index (χ3n) is 4.03. The molecule has 2 heterocycles. The number of benzene rings is 1. The maximum atomic E-state index is 12.2. The molecule has 3 rings (SSSR count). The number of piperazine rings is 1. The highest BCUT2D eigenvalue weighted by Gasteiger charge is 2.21. The van der Waals surface area contributed by atoms with Crippen molar-refractivity contribution in [2.45, 2.75) is 19.9 Å². The molecule has 0 radical (unpaired) electrons. The van der Waals surface area contributed by atoms with Crippen molar-refractivity contribution in [1.82, 2.24) is 19.9 Å². The number of hydrogen-bond acceptors (Lipinski definition) is 4. The van der Waals surface area contributed by atoms with Crippen molar-refractivity contribution in [1.29, 1.82) is 0 Å². The minimum Gasteiger partial charge on any atom is -0.368 e. The number of carbonyl (C=O) groups is 1. The first kappa shape index (κ1) is 14.6. The fraction of sp³-hybridized carbons (Fsp3) is 0.438. The molecule has 0 unspecified atom stereocenters. The van der Waals surface area contributed by atoms with E-state index in [0.29, 0.717) is 13.0 Å². The van der Waals surface area contributed by atoms with Crippen molar-refractivity contribution in [3.63, 3.8) is 0 Å². The summed E-state index contributed by atoms with van der Waals surface area (Å²) in [7, 11) is 0. The molecule has 6 heteroatoms. The molecule has 0 saturated carbocycles. The van der Waals surface area contributed by atoms with E-state index in [-0.39, 0.29) is 5.91 Å². The van der Waals surface area contributed by atoms with Gasteiger partial charge in [0.2, 0.25) is 5.91 Å². The fourth-order valence-corrected chi connectivity index (χ4v) is 2.76. The average molecular weight is 299 g/mol. The van der Waals surface area contributed by atoms with Gasteiger partial charge in [-0.1, -0.05) is 17.3 Å². The van der Waals surface area contributed by atoms with E-state index in [2.05, 4.69) is 46.4 Å². The van der Waals surface area contributed by atoms with E-state index in [1.165, 1.54) is 11.3 Å². The standard InChI is InChI=1S/C16H21N5O/c1-14-3-2-4-15(13-14)19-9-11-20(12-10-19)16(22)5-7-21-8-6-17-18-21/h2-4,6,8,13H,5,7,9-12H2,1H3. The minimum atomic E-state index is 0.194. The normalized spacial score (nSPS) is 15.1. The Morgan fingerprint density at radius 2 is 2.05 bits per heavy atom. The first-order valence-corrected chi connectivity index (χ1v) is 7.66. The molecule has 1 aromatic carbocycles. The van der Waals surface area contributed by atoms with E-state index in [0.717, 1.165) is 26.2 Å². The predicted octanol–water partition coefficient (Wildman–Crippen LogP) is 1.33. The molecule has 1 fully saturated rings. The lowest BCUT2D eigenvalue weighted by atomic mass is 10.2. The van der Waals surface area contributed by atoms with Crippen LogP contribution in [0.5, 0.6) is 0 Å². The topological polar surface area (TPSA) is 54.3 Å². The smallest absolute Gasteiger partial charge is 0.224 e. The second-order valence-corrected chi connectivity index (χ2v) is 5.62. The average Bonchev–Trinajstić information content (AvgIpc) is 3.06. The predicted molar refractivity (Wildman–Crippen MR) is 84.6 cm³/mol. The fourth-order valence-electron chi connectivity index (χ4n) is 2.76. The molecule has 1 saturated heterocycles. The van der Waals surface area contributed by atoms with Gasteiger partial charge in [0.15, 0.2) is 0 Å². The van der Waals surface area contributed by atoms with Crippen molar-refractivity contribution < 1.29 is 4.79 Å². The summed E-state index contributed by atoms with van der Waals surface area (Å²) in [5.41, 5.74) is 2.51. The summed E-state index contributed by atoms with van der Waals surface area (Å²) in [6, 6.07) is 8.52. The van der Waals surface area contributed by atoms with Gasteiger partial charge in [-0.3, -0.25) is 9.48 Å². The van der Waals surface area contributed by atoms with Gasteiger partial charge >= 0.3 is 0 Å². The molecule has 0 spiro atoms. The SMILES string of the molecule is Cc1cccc(N2CCN(C(=O)CCn3ccnn3)CC2)c1. The van der Waals surface area contributed by atoms with Gasteiger partial charge in [0.1, 0.15) is 0 Å². The van der Waals surface area contributed by atoms with Crippen molar-refractivity contribution in [3.05, 3.63) is 42.2 Å². The van der Waals surface area contributed by atoms with E-state index in [1.807, 2.05) is 4.90 Å². The summed E-state index contributed by atoms with van der Waals surface area (Å²) in [6.07, 6.45) is 3.89. The van der Waals surface area contributed by atoms with Crippen LogP contribution in [0.15, 0.2) is 36.7 Å².